The van der Waals surface area contributed by atoms with Gasteiger partial charge >= 0.3 is 29.6 Å². The van der Waals surface area contributed by atoms with Crippen molar-refractivity contribution >= 4 is 28.1 Å². The van der Waals surface area contributed by atoms with Gasteiger partial charge in [-0.25, -0.2) is 0 Å². The Morgan fingerprint density at radius 3 is 1.71 bits per heavy atom. The summed E-state index contributed by atoms with van der Waals surface area (Å²) in [6, 6.07) is 13.9. The van der Waals surface area contributed by atoms with Crippen LogP contribution in [0.25, 0.3) is 0 Å². The number of rotatable bonds is 4. The molecule has 2 rings (SSSR count). The van der Waals surface area contributed by atoms with Gasteiger partial charge in [-0.3, -0.25) is 4.21 Å². The second-order valence-corrected chi connectivity index (χ2v) is 5.28. The molecule has 1 atom stereocenters. The molecule has 0 heterocycles. The summed E-state index contributed by atoms with van der Waals surface area (Å²) < 4.78 is 21.4. The second kappa shape index (κ2) is 8.41. The van der Waals surface area contributed by atoms with E-state index in [1.54, 1.807) is 12.1 Å². The third-order valence-electron chi connectivity index (χ3n) is 2.68. The number of nitrogens with zero attached hydrogens (tertiary/aromatic N) is 3. The van der Waals surface area contributed by atoms with E-state index in [4.69, 9.17) is 0 Å². The smallest absolute Gasteiger partial charge is 0.768 e. The van der Waals surface area contributed by atoms with Gasteiger partial charge in [0.05, 0.1) is 11.4 Å². The van der Waals surface area contributed by atoms with Crippen molar-refractivity contribution in [3.63, 3.8) is 0 Å². The Morgan fingerprint density at radius 1 is 0.905 bits per heavy atom. The standard InChI is InChI=1S/C14H15N3O2S.Na/c1-17(2)13-7-3-11(4-8-13)15-16-12-5-9-14(10-6-12)20(18)19;/h3-10H,1-2H3,(H,18,19);/q;+1/p-1. The van der Waals surface area contributed by atoms with Gasteiger partial charge in [-0.05, 0) is 59.6 Å². The normalized spacial score (nSPS) is 12.0. The summed E-state index contributed by atoms with van der Waals surface area (Å²) in [5.41, 5.74) is 2.44. The molecule has 0 radical (unpaired) electrons. The topological polar surface area (TPSA) is 68.1 Å². The Labute approximate surface area is 148 Å². The Hall–Kier alpha value is -1.05. The van der Waals surface area contributed by atoms with E-state index in [2.05, 4.69) is 10.2 Å². The fourth-order valence-electron chi connectivity index (χ4n) is 1.56. The predicted octanol–water partition coefficient (Wildman–Crippen LogP) is 0.410. The molecular formula is C14H14N3NaO2S. The van der Waals surface area contributed by atoms with Crippen molar-refractivity contribution in [2.75, 3.05) is 19.0 Å². The zero-order valence-electron chi connectivity index (χ0n) is 12.2. The molecule has 0 amide bonds. The van der Waals surface area contributed by atoms with Crippen LogP contribution in [-0.4, -0.2) is 22.9 Å². The molecule has 5 nitrogen and oxygen atoms in total. The average Bonchev–Trinajstić information content (AvgIpc) is 2.46. The fourth-order valence-corrected chi connectivity index (χ4v) is 1.92. The van der Waals surface area contributed by atoms with Crippen molar-refractivity contribution in [2.45, 2.75) is 4.90 Å². The maximum absolute atomic E-state index is 10.7. The summed E-state index contributed by atoms with van der Waals surface area (Å²) in [4.78, 5) is 2.24. The summed E-state index contributed by atoms with van der Waals surface area (Å²) >= 11 is -2.21. The summed E-state index contributed by atoms with van der Waals surface area (Å²) in [6.45, 7) is 0. The summed E-state index contributed by atoms with van der Waals surface area (Å²) in [5.74, 6) is 0. The number of benzene rings is 2. The number of azo groups is 1. The van der Waals surface area contributed by atoms with Crippen LogP contribution in [0.15, 0.2) is 63.7 Å². The fraction of sp³-hybridized carbons (Fsp3) is 0.143. The molecule has 0 aliphatic heterocycles. The second-order valence-electron chi connectivity index (χ2n) is 4.34. The molecule has 0 saturated heterocycles. The maximum atomic E-state index is 10.7. The van der Waals surface area contributed by atoms with Gasteiger partial charge in [-0.2, -0.15) is 10.2 Å². The largest absolute Gasteiger partial charge is 1.00 e. The van der Waals surface area contributed by atoms with Crippen LogP contribution in [-0.2, 0) is 11.1 Å². The molecule has 0 aliphatic carbocycles. The summed E-state index contributed by atoms with van der Waals surface area (Å²) in [7, 11) is 3.94. The molecule has 0 bridgehead atoms. The van der Waals surface area contributed by atoms with E-state index in [1.165, 1.54) is 12.1 Å². The molecule has 0 fully saturated rings. The van der Waals surface area contributed by atoms with Gasteiger partial charge in [0.25, 0.3) is 0 Å². The third kappa shape index (κ3) is 5.33. The minimum atomic E-state index is -2.21. The Morgan fingerprint density at radius 2 is 1.33 bits per heavy atom. The first-order chi connectivity index (χ1) is 9.56. The van der Waals surface area contributed by atoms with Gasteiger partial charge in [-0.1, -0.05) is 0 Å². The number of hydrogen-bond donors (Lipinski definition) is 0. The predicted molar refractivity (Wildman–Crippen MR) is 78.6 cm³/mol. The van der Waals surface area contributed by atoms with Crippen LogP contribution >= 0.6 is 0 Å². The molecule has 0 aromatic heterocycles. The van der Waals surface area contributed by atoms with Crippen LogP contribution in [0.4, 0.5) is 17.1 Å². The van der Waals surface area contributed by atoms with E-state index >= 15 is 0 Å². The molecule has 7 heteroatoms. The molecule has 104 valence electrons. The molecule has 0 spiro atoms. The zero-order valence-corrected chi connectivity index (χ0v) is 15.0. The molecule has 0 saturated carbocycles. The monoisotopic (exact) mass is 311 g/mol. The van der Waals surface area contributed by atoms with E-state index in [1.807, 2.05) is 43.3 Å². The molecule has 2 aromatic rings. The van der Waals surface area contributed by atoms with Crippen molar-refractivity contribution in [1.82, 2.24) is 0 Å². The minimum Gasteiger partial charge on any atom is -0.768 e. The summed E-state index contributed by atoms with van der Waals surface area (Å²) in [5, 5.41) is 8.17. The van der Waals surface area contributed by atoms with Crippen LogP contribution in [0.3, 0.4) is 0 Å². The van der Waals surface area contributed by atoms with Crippen molar-refractivity contribution < 1.29 is 38.3 Å². The average molecular weight is 311 g/mol. The van der Waals surface area contributed by atoms with Gasteiger partial charge in [0.1, 0.15) is 0 Å². The van der Waals surface area contributed by atoms with Crippen LogP contribution in [0, 0.1) is 0 Å². The Kier molecular flexibility index (Phi) is 7.21. The van der Waals surface area contributed by atoms with E-state index in [-0.39, 0.29) is 34.5 Å². The minimum absolute atomic E-state index is 0. The van der Waals surface area contributed by atoms with E-state index in [9.17, 15) is 8.76 Å². The van der Waals surface area contributed by atoms with Gasteiger partial charge < -0.3 is 9.45 Å². The van der Waals surface area contributed by atoms with Crippen LogP contribution in [0.5, 0.6) is 0 Å². The van der Waals surface area contributed by atoms with Crippen molar-refractivity contribution in [1.29, 1.82) is 0 Å². The summed E-state index contributed by atoms with van der Waals surface area (Å²) in [6.07, 6.45) is 0. The third-order valence-corrected chi connectivity index (χ3v) is 3.33. The SMILES string of the molecule is CN(C)c1ccc(N=Nc2ccc(S(=O)[O-])cc2)cc1.[Na+]. The number of anilines is 1. The van der Waals surface area contributed by atoms with E-state index < -0.39 is 11.1 Å². The molecule has 0 N–H and O–H groups in total. The van der Waals surface area contributed by atoms with Crippen LogP contribution in [0.1, 0.15) is 0 Å². The molecule has 21 heavy (non-hydrogen) atoms. The molecule has 2 aromatic carbocycles. The first-order valence-corrected chi connectivity index (χ1v) is 7.02. The Balaban J connectivity index is 0.00000220. The molecule has 0 aliphatic rings. The van der Waals surface area contributed by atoms with Crippen LogP contribution in [0.2, 0.25) is 0 Å². The Bertz CT molecular complexity index is 628. The molecular weight excluding hydrogens is 297 g/mol. The maximum Gasteiger partial charge on any atom is 1.00 e. The van der Waals surface area contributed by atoms with Gasteiger partial charge in [0.2, 0.25) is 0 Å². The van der Waals surface area contributed by atoms with E-state index in [0.29, 0.717) is 5.69 Å². The van der Waals surface area contributed by atoms with Crippen molar-refractivity contribution in [2.24, 2.45) is 10.2 Å². The molecule has 1 unspecified atom stereocenters. The number of hydrogen-bond acceptors (Lipinski definition) is 5. The first-order valence-electron chi connectivity index (χ1n) is 5.95. The zero-order chi connectivity index (χ0) is 14.5. The van der Waals surface area contributed by atoms with E-state index in [0.717, 1.165) is 11.4 Å². The van der Waals surface area contributed by atoms with Gasteiger partial charge in [0.15, 0.2) is 0 Å². The quantitative estimate of drug-likeness (QED) is 0.466. The van der Waals surface area contributed by atoms with Crippen LogP contribution < -0.4 is 34.5 Å². The first kappa shape index (κ1) is 18.0. The van der Waals surface area contributed by atoms with Crippen molar-refractivity contribution in [3.05, 3.63) is 48.5 Å². The van der Waals surface area contributed by atoms with Crippen molar-refractivity contribution in [3.8, 4) is 0 Å². The van der Waals surface area contributed by atoms with Gasteiger partial charge in [-0.15, -0.1) is 0 Å². The van der Waals surface area contributed by atoms with Gasteiger partial charge in [0, 0.05) is 24.7 Å².